The van der Waals surface area contributed by atoms with Crippen molar-refractivity contribution in [2.45, 2.75) is 26.4 Å². The number of rotatable bonds is 2. The van der Waals surface area contributed by atoms with Gasteiger partial charge in [0.15, 0.2) is 0 Å². The zero-order valence-electron chi connectivity index (χ0n) is 8.61. The third-order valence-corrected chi connectivity index (χ3v) is 2.92. The summed E-state index contributed by atoms with van der Waals surface area (Å²) in [5, 5.41) is 0. The van der Waals surface area contributed by atoms with Crippen LogP contribution in [0, 0.1) is 0 Å². The molecular weight excluding hydrogens is 243 g/mol. The van der Waals surface area contributed by atoms with Crippen molar-refractivity contribution in [3.8, 4) is 0 Å². The first kappa shape index (κ1) is 11.3. The van der Waals surface area contributed by atoms with E-state index in [0.717, 1.165) is 4.46 Å². The van der Waals surface area contributed by atoms with Crippen LogP contribution in [0.2, 0.25) is 0 Å². The SMILES string of the molecule is CC(C)(C)OC(=O)[Se]c1ccccc1. The van der Waals surface area contributed by atoms with Gasteiger partial charge in [0.25, 0.3) is 0 Å². The molecule has 0 aliphatic rings. The van der Waals surface area contributed by atoms with Crippen LogP contribution < -0.4 is 4.46 Å². The molecular formula is C11H14O2Se. The van der Waals surface area contributed by atoms with Crippen LogP contribution in [0.3, 0.4) is 0 Å². The summed E-state index contributed by atoms with van der Waals surface area (Å²) in [7, 11) is 0. The second-order valence-corrected chi connectivity index (χ2v) is 6.00. The zero-order chi connectivity index (χ0) is 10.6. The molecule has 1 rings (SSSR count). The van der Waals surface area contributed by atoms with Gasteiger partial charge < -0.3 is 0 Å². The van der Waals surface area contributed by atoms with E-state index in [4.69, 9.17) is 4.74 Å². The summed E-state index contributed by atoms with van der Waals surface area (Å²) in [4.78, 5) is 11.3. The number of carbonyl (C=O) groups is 1. The first-order chi connectivity index (χ1) is 6.47. The van der Waals surface area contributed by atoms with Crippen molar-refractivity contribution in [2.75, 3.05) is 0 Å². The molecule has 0 unspecified atom stereocenters. The standard InChI is InChI=1S/C11H14O2Se/c1-11(2,3)13-10(12)14-9-7-5-4-6-8-9/h4-8H,1-3H3. The van der Waals surface area contributed by atoms with E-state index in [2.05, 4.69) is 0 Å². The van der Waals surface area contributed by atoms with E-state index in [1.807, 2.05) is 51.1 Å². The van der Waals surface area contributed by atoms with Crippen molar-refractivity contribution in [2.24, 2.45) is 0 Å². The van der Waals surface area contributed by atoms with Crippen LogP contribution in [-0.2, 0) is 4.74 Å². The molecule has 76 valence electrons. The average Bonchev–Trinajstić information content (AvgIpc) is 2.02. The number of hydrogen-bond acceptors (Lipinski definition) is 2. The maximum absolute atomic E-state index is 11.4. The molecule has 0 N–H and O–H groups in total. The normalized spacial score (nSPS) is 11.1. The molecule has 14 heavy (non-hydrogen) atoms. The summed E-state index contributed by atoms with van der Waals surface area (Å²) in [5.74, 6) is 0. The Morgan fingerprint density at radius 3 is 2.29 bits per heavy atom. The molecule has 1 aromatic rings. The molecule has 3 heteroatoms. The molecule has 0 radical (unpaired) electrons. The van der Waals surface area contributed by atoms with Crippen LogP contribution in [0.4, 0.5) is 4.79 Å². The Morgan fingerprint density at radius 1 is 1.21 bits per heavy atom. The quantitative estimate of drug-likeness (QED) is 0.757. The van der Waals surface area contributed by atoms with Crippen LogP contribution in [0.25, 0.3) is 0 Å². The van der Waals surface area contributed by atoms with Crippen molar-refractivity contribution in [1.82, 2.24) is 0 Å². The number of ether oxygens (including phenoxy) is 1. The topological polar surface area (TPSA) is 26.3 Å². The third-order valence-electron chi connectivity index (χ3n) is 1.33. The van der Waals surface area contributed by atoms with Crippen LogP contribution >= 0.6 is 0 Å². The van der Waals surface area contributed by atoms with Crippen molar-refractivity contribution in [3.63, 3.8) is 0 Å². The molecule has 0 bridgehead atoms. The fraction of sp³-hybridized carbons (Fsp3) is 0.364. The molecule has 0 aliphatic heterocycles. The third kappa shape index (κ3) is 4.45. The van der Waals surface area contributed by atoms with Gasteiger partial charge in [0.05, 0.1) is 0 Å². The van der Waals surface area contributed by atoms with Crippen molar-refractivity contribution in [3.05, 3.63) is 30.3 Å². The molecule has 0 aliphatic carbocycles. The molecule has 0 atom stereocenters. The van der Waals surface area contributed by atoms with E-state index in [0.29, 0.717) is 0 Å². The van der Waals surface area contributed by atoms with Crippen molar-refractivity contribution >= 4 is 24.3 Å². The Balaban J connectivity index is 2.50. The number of hydrogen-bond donors (Lipinski definition) is 0. The first-order valence-electron chi connectivity index (χ1n) is 4.43. The van der Waals surface area contributed by atoms with E-state index in [-0.39, 0.29) is 25.4 Å². The van der Waals surface area contributed by atoms with E-state index in [1.165, 1.54) is 0 Å². The van der Waals surface area contributed by atoms with Gasteiger partial charge in [-0.25, -0.2) is 0 Å². The Kier molecular flexibility index (Phi) is 3.73. The Hall–Kier alpha value is -0.791. The molecule has 2 nitrogen and oxygen atoms in total. The summed E-state index contributed by atoms with van der Waals surface area (Å²) < 4.78 is 6.28. The fourth-order valence-corrected chi connectivity index (χ4v) is 2.49. The molecule has 0 saturated carbocycles. The van der Waals surface area contributed by atoms with Crippen molar-refractivity contribution < 1.29 is 9.53 Å². The molecule has 0 aromatic heterocycles. The van der Waals surface area contributed by atoms with Crippen LogP contribution in [-0.4, -0.2) is 25.4 Å². The number of benzene rings is 1. The minimum absolute atomic E-state index is 0.115. The van der Waals surface area contributed by atoms with E-state index in [1.54, 1.807) is 0 Å². The van der Waals surface area contributed by atoms with Gasteiger partial charge in [-0.3, -0.25) is 0 Å². The van der Waals surface area contributed by atoms with Gasteiger partial charge in [-0.2, -0.15) is 0 Å². The zero-order valence-corrected chi connectivity index (χ0v) is 10.3. The second kappa shape index (κ2) is 4.63. The number of carbonyl (C=O) groups excluding carboxylic acids is 1. The monoisotopic (exact) mass is 258 g/mol. The fourth-order valence-electron chi connectivity index (χ4n) is 0.856. The summed E-state index contributed by atoms with van der Waals surface area (Å²) in [6, 6.07) is 9.70. The summed E-state index contributed by atoms with van der Waals surface area (Å²) in [6.07, 6.45) is 0. The Bertz CT molecular complexity index is 301. The van der Waals surface area contributed by atoms with E-state index >= 15 is 0 Å². The van der Waals surface area contributed by atoms with Gasteiger partial charge in [0.1, 0.15) is 0 Å². The van der Waals surface area contributed by atoms with Crippen molar-refractivity contribution in [1.29, 1.82) is 0 Å². The molecule has 0 fully saturated rings. The van der Waals surface area contributed by atoms with E-state index in [9.17, 15) is 4.79 Å². The average molecular weight is 257 g/mol. The van der Waals surface area contributed by atoms with Crippen LogP contribution in [0.5, 0.6) is 0 Å². The predicted octanol–water partition coefficient (Wildman–Crippen LogP) is 1.95. The van der Waals surface area contributed by atoms with E-state index < -0.39 is 0 Å². The first-order valence-corrected chi connectivity index (χ1v) is 6.14. The van der Waals surface area contributed by atoms with Gasteiger partial charge >= 0.3 is 90.5 Å². The van der Waals surface area contributed by atoms with Crippen LogP contribution in [0.1, 0.15) is 20.8 Å². The molecule has 0 spiro atoms. The predicted molar refractivity (Wildman–Crippen MR) is 58.1 cm³/mol. The van der Waals surface area contributed by atoms with Gasteiger partial charge in [-0.15, -0.1) is 0 Å². The van der Waals surface area contributed by atoms with Gasteiger partial charge in [0, 0.05) is 0 Å². The van der Waals surface area contributed by atoms with Crippen LogP contribution in [0.15, 0.2) is 30.3 Å². The molecule has 0 amide bonds. The minimum atomic E-state index is -0.381. The molecule has 1 aromatic carbocycles. The van der Waals surface area contributed by atoms with Gasteiger partial charge in [0.2, 0.25) is 0 Å². The summed E-state index contributed by atoms with van der Waals surface area (Å²) in [6.45, 7) is 5.64. The second-order valence-electron chi connectivity index (χ2n) is 3.88. The maximum atomic E-state index is 11.4. The Labute approximate surface area is 90.8 Å². The Morgan fingerprint density at radius 2 is 1.79 bits per heavy atom. The summed E-state index contributed by atoms with van der Waals surface area (Å²) >= 11 is -0.228. The van der Waals surface area contributed by atoms with Gasteiger partial charge in [-0.1, -0.05) is 0 Å². The molecule has 0 saturated heterocycles. The van der Waals surface area contributed by atoms with Gasteiger partial charge in [-0.05, 0) is 0 Å². The summed E-state index contributed by atoms with van der Waals surface area (Å²) in [5.41, 5.74) is -0.381. The molecule has 0 heterocycles.